The second-order valence-electron chi connectivity index (χ2n) is 7.39. The Kier molecular flexibility index (Phi) is 7.26. The lowest BCUT2D eigenvalue weighted by molar-refractivity contribution is -0.129. The van der Waals surface area contributed by atoms with E-state index in [9.17, 15) is 4.79 Å². The number of rotatable bonds is 8. The summed E-state index contributed by atoms with van der Waals surface area (Å²) in [5, 5.41) is 3.20. The monoisotopic (exact) mass is 353 g/mol. The highest BCUT2D eigenvalue weighted by atomic mass is 16.5. The van der Waals surface area contributed by atoms with Crippen molar-refractivity contribution in [1.29, 1.82) is 0 Å². The summed E-state index contributed by atoms with van der Waals surface area (Å²) in [4.78, 5) is 12.9. The van der Waals surface area contributed by atoms with Crippen molar-refractivity contribution >= 4 is 5.91 Å². The van der Waals surface area contributed by atoms with Gasteiger partial charge in [-0.3, -0.25) is 4.79 Å². The van der Waals surface area contributed by atoms with Gasteiger partial charge in [0.1, 0.15) is 5.75 Å². The van der Waals surface area contributed by atoms with Crippen LogP contribution in [0.4, 0.5) is 0 Å². The number of hydrogen-bond donors (Lipinski definition) is 1. The number of nitrogens with one attached hydrogen (secondary N) is 1. The fourth-order valence-electron chi connectivity index (χ4n) is 3.11. The molecule has 0 spiro atoms. The van der Waals surface area contributed by atoms with E-state index in [4.69, 9.17) is 4.74 Å². The van der Waals surface area contributed by atoms with Crippen LogP contribution >= 0.6 is 0 Å². The van der Waals surface area contributed by atoms with Crippen LogP contribution in [0.2, 0.25) is 0 Å². The first kappa shape index (κ1) is 20.0. The van der Waals surface area contributed by atoms with Crippen molar-refractivity contribution in [2.45, 2.75) is 59.6 Å². The van der Waals surface area contributed by atoms with E-state index >= 15 is 0 Å². The van der Waals surface area contributed by atoms with E-state index in [0.717, 1.165) is 23.3 Å². The second-order valence-corrected chi connectivity index (χ2v) is 7.39. The summed E-state index contributed by atoms with van der Waals surface area (Å²) in [6.45, 7) is 10.4. The topological polar surface area (TPSA) is 38.3 Å². The fraction of sp³-hybridized carbons (Fsp3) is 0.435. The van der Waals surface area contributed by atoms with Gasteiger partial charge in [-0.25, -0.2) is 0 Å². The molecule has 0 aliphatic carbocycles. The molecule has 0 heterocycles. The van der Waals surface area contributed by atoms with Gasteiger partial charge in [0.25, 0.3) is 5.91 Å². The average Bonchev–Trinajstić information content (AvgIpc) is 2.61. The quantitative estimate of drug-likeness (QED) is 0.693. The predicted octanol–water partition coefficient (Wildman–Crippen LogP) is 5.36. The maximum absolute atomic E-state index is 12.9. The summed E-state index contributed by atoms with van der Waals surface area (Å²) < 4.78 is 6.04. The molecule has 3 nitrogen and oxygen atoms in total. The molecule has 0 aliphatic rings. The van der Waals surface area contributed by atoms with E-state index in [0.29, 0.717) is 12.3 Å². The number of hydrogen-bond acceptors (Lipinski definition) is 2. The molecule has 2 atom stereocenters. The van der Waals surface area contributed by atoms with Gasteiger partial charge in [0.15, 0.2) is 6.10 Å². The third-order valence-corrected chi connectivity index (χ3v) is 4.49. The first-order chi connectivity index (χ1) is 12.4. The Bertz CT molecular complexity index is 709. The molecular weight excluding hydrogens is 322 g/mol. The molecule has 1 N–H and O–H groups in total. The maximum atomic E-state index is 12.9. The van der Waals surface area contributed by atoms with Crippen molar-refractivity contribution in [2.75, 3.05) is 0 Å². The SMILES string of the molecule is CC[C@@H](Oc1ccc(C)cc1C)C(=O)N[C@H](CC(C)C)c1ccccc1. The van der Waals surface area contributed by atoms with Crippen LogP contribution in [0, 0.1) is 19.8 Å². The zero-order chi connectivity index (χ0) is 19.1. The van der Waals surface area contributed by atoms with Gasteiger partial charge >= 0.3 is 0 Å². The van der Waals surface area contributed by atoms with E-state index in [1.807, 2.05) is 44.2 Å². The van der Waals surface area contributed by atoms with Gasteiger partial charge in [-0.2, -0.15) is 0 Å². The van der Waals surface area contributed by atoms with E-state index in [-0.39, 0.29) is 11.9 Å². The highest BCUT2D eigenvalue weighted by Gasteiger charge is 2.23. The average molecular weight is 354 g/mol. The Morgan fingerprint density at radius 1 is 1.08 bits per heavy atom. The molecule has 2 rings (SSSR count). The molecule has 0 saturated heterocycles. The normalized spacial score (nSPS) is 13.3. The Labute approximate surface area is 157 Å². The number of aryl methyl sites for hydroxylation is 2. The molecule has 0 saturated carbocycles. The van der Waals surface area contributed by atoms with E-state index in [1.165, 1.54) is 5.56 Å². The van der Waals surface area contributed by atoms with Crippen LogP contribution in [0.25, 0.3) is 0 Å². The number of amides is 1. The zero-order valence-corrected chi connectivity index (χ0v) is 16.6. The molecule has 26 heavy (non-hydrogen) atoms. The minimum Gasteiger partial charge on any atom is -0.480 e. The van der Waals surface area contributed by atoms with Crippen LogP contribution < -0.4 is 10.1 Å². The third-order valence-electron chi connectivity index (χ3n) is 4.49. The molecule has 0 unspecified atom stereocenters. The largest absolute Gasteiger partial charge is 0.480 e. The van der Waals surface area contributed by atoms with Crippen LogP contribution in [0.1, 0.15) is 56.3 Å². The van der Waals surface area contributed by atoms with Crippen LogP contribution in [0.15, 0.2) is 48.5 Å². The van der Waals surface area contributed by atoms with Crippen molar-refractivity contribution < 1.29 is 9.53 Å². The van der Waals surface area contributed by atoms with Crippen LogP contribution in [0.3, 0.4) is 0 Å². The molecular formula is C23H31NO2. The van der Waals surface area contributed by atoms with Crippen LogP contribution in [-0.2, 0) is 4.79 Å². The fourth-order valence-corrected chi connectivity index (χ4v) is 3.11. The number of ether oxygens (including phenoxy) is 1. The molecule has 0 radical (unpaired) electrons. The molecule has 1 amide bonds. The Balaban J connectivity index is 2.12. The summed E-state index contributed by atoms with van der Waals surface area (Å²) in [6.07, 6.45) is 1.03. The lowest BCUT2D eigenvalue weighted by atomic mass is 9.96. The lowest BCUT2D eigenvalue weighted by Gasteiger charge is -2.25. The van der Waals surface area contributed by atoms with Gasteiger partial charge in [0.05, 0.1) is 6.04 Å². The molecule has 2 aromatic carbocycles. The van der Waals surface area contributed by atoms with Crippen molar-refractivity contribution in [3.63, 3.8) is 0 Å². The third kappa shape index (κ3) is 5.62. The highest BCUT2D eigenvalue weighted by molar-refractivity contribution is 5.81. The van der Waals surface area contributed by atoms with Crippen LogP contribution in [0.5, 0.6) is 5.75 Å². The van der Waals surface area contributed by atoms with Crippen molar-refractivity contribution in [1.82, 2.24) is 5.32 Å². The Hall–Kier alpha value is -2.29. The summed E-state index contributed by atoms with van der Waals surface area (Å²) in [7, 11) is 0. The summed E-state index contributed by atoms with van der Waals surface area (Å²) in [5.74, 6) is 1.21. The second kappa shape index (κ2) is 9.42. The Morgan fingerprint density at radius 2 is 1.77 bits per heavy atom. The number of carbonyl (C=O) groups is 1. The summed E-state index contributed by atoms with van der Waals surface area (Å²) in [6, 6.07) is 16.2. The van der Waals surface area contributed by atoms with Gasteiger partial charge in [-0.05, 0) is 49.8 Å². The minimum atomic E-state index is -0.491. The first-order valence-corrected chi connectivity index (χ1v) is 9.50. The predicted molar refractivity (Wildman–Crippen MR) is 107 cm³/mol. The molecule has 0 aliphatic heterocycles. The van der Waals surface area contributed by atoms with E-state index < -0.39 is 6.10 Å². The van der Waals surface area contributed by atoms with E-state index in [1.54, 1.807) is 0 Å². The first-order valence-electron chi connectivity index (χ1n) is 9.50. The standard InChI is InChI=1S/C23H31NO2/c1-6-21(26-22-13-12-17(4)15-18(22)5)23(25)24-20(14-16(2)3)19-10-8-7-9-11-19/h7-13,15-16,20-21H,6,14H2,1-5H3,(H,24,25)/t20-,21-/m1/s1. The lowest BCUT2D eigenvalue weighted by Crippen LogP contribution is -2.40. The van der Waals surface area contributed by atoms with Crippen molar-refractivity contribution in [3.05, 3.63) is 65.2 Å². The molecule has 2 aromatic rings. The molecule has 0 bridgehead atoms. The highest BCUT2D eigenvalue weighted by Crippen LogP contribution is 2.23. The van der Waals surface area contributed by atoms with Gasteiger partial charge < -0.3 is 10.1 Å². The van der Waals surface area contributed by atoms with Gasteiger partial charge in [-0.15, -0.1) is 0 Å². The molecule has 0 fully saturated rings. The van der Waals surface area contributed by atoms with E-state index in [2.05, 4.69) is 44.3 Å². The van der Waals surface area contributed by atoms with Gasteiger partial charge in [-0.1, -0.05) is 68.8 Å². The van der Waals surface area contributed by atoms with Crippen molar-refractivity contribution in [2.24, 2.45) is 5.92 Å². The van der Waals surface area contributed by atoms with Gasteiger partial charge in [0, 0.05) is 0 Å². The molecule has 140 valence electrons. The summed E-state index contributed by atoms with van der Waals surface area (Å²) in [5.41, 5.74) is 3.38. The number of benzene rings is 2. The number of carbonyl (C=O) groups excluding carboxylic acids is 1. The molecule has 0 aromatic heterocycles. The van der Waals surface area contributed by atoms with Gasteiger partial charge in [0.2, 0.25) is 0 Å². The van der Waals surface area contributed by atoms with Crippen LogP contribution in [-0.4, -0.2) is 12.0 Å². The maximum Gasteiger partial charge on any atom is 0.261 e. The summed E-state index contributed by atoms with van der Waals surface area (Å²) >= 11 is 0. The zero-order valence-electron chi connectivity index (χ0n) is 16.6. The Morgan fingerprint density at radius 3 is 2.35 bits per heavy atom. The molecule has 3 heteroatoms. The minimum absolute atomic E-state index is 0.000430. The van der Waals surface area contributed by atoms with Crippen molar-refractivity contribution in [3.8, 4) is 5.75 Å². The smallest absolute Gasteiger partial charge is 0.261 e.